The van der Waals surface area contributed by atoms with E-state index in [1.807, 2.05) is 13.8 Å². The van der Waals surface area contributed by atoms with Gasteiger partial charge in [-0.15, -0.1) is 6.58 Å². The molecule has 3 atom stereocenters. The Morgan fingerprint density at radius 3 is 2.25 bits per heavy atom. The summed E-state index contributed by atoms with van der Waals surface area (Å²) in [6.07, 6.45) is 1.87. The van der Waals surface area contributed by atoms with Crippen molar-refractivity contribution in [1.82, 2.24) is 0 Å². The van der Waals surface area contributed by atoms with Crippen LogP contribution in [0.4, 0.5) is 0 Å². The molecule has 0 saturated carbocycles. The van der Waals surface area contributed by atoms with Gasteiger partial charge in [-0.25, -0.2) is 0 Å². The van der Waals surface area contributed by atoms with Crippen LogP contribution in [0, 0.1) is 11.8 Å². The Morgan fingerprint density at radius 2 is 2.00 bits per heavy atom. The molecular formula is C11H24O. The molecule has 0 rings (SSSR count). The Labute approximate surface area is 78.0 Å². The zero-order valence-corrected chi connectivity index (χ0v) is 8.80. The Balaban J connectivity index is 0. The highest BCUT2D eigenvalue weighted by atomic mass is 16.3. The monoisotopic (exact) mass is 172 g/mol. The van der Waals surface area contributed by atoms with Gasteiger partial charge in [0, 0.05) is 1.43 Å². The molecule has 1 heteroatoms. The van der Waals surface area contributed by atoms with Gasteiger partial charge in [0.1, 0.15) is 0 Å². The van der Waals surface area contributed by atoms with Crippen LogP contribution in [0.25, 0.3) is 0 Å². The highest BCUT2D eigenvalue weighted by molar-refractivity contribution is 4.92. The highest BCUT2D eigenvalue weighted by Gasteiger charge is 2.20. The van der Waals surface area contributed by atoms with Gasteiger partial charge in [0.05, 0.1) is 6.10 Å². The van der Waals surface area contributed by atoms with Gasteiger partial charge >= 0.3 is 0 Å². The van der Waals surface area contributed by atoms with E-state index in [0.29, 0.717) is 11.8 Å². The van der Waals surface area contributed by atoms with E-state index in [-0.39, 0.29) is 7.53 Å². The maximum Gasteiger partial charge on any atom is 0.0545 e. The molecule has 74 valence electrons. The van der Waals surface area contributed by atoms with Crippen LogP contribution in [-0.4, -0.2) is 11.2 Å². The smallest absolute Gasteiger partial charge is 0.0545 e. The molecule has 1 nitrogen and oxygen atoms in total. The third-order valence-electron chi connectivity index (χ3n) is 2.58. The summed E-state index contributed by atoms with van der Waals surface area (Å²) in [6.45, 7) is 12.1. The lowest BCUT2D eigenvalue weighted by molar-refractivity contribution is 0.0911. The fraction of sp³-hybridized carbons (Fsp3) is 0.818. The van der Waals surface area contributed by atoms with Crippen molar-refractivity contribution >= 4 is 0 Å². The molecule has 1 N–H and O–H groups in total. The first kappa shape index (κ1) is 11.7. The highest BCUT2D eigenvalue weighted by Crippen LogP contribution is 2.25. The van der Waals surface area contributed by atoms with E-state index in [9.17, 15) is 5.11 Å². The molecule has 0 aromatic heterocycles. The molecule has 12 heavy (non-hydrogen) atoms. The first-order valence-corrected chi connectivity index (χ1v) is 4.81. The molecule has 0 radical (unpaired) electrons. The van der Waals surface area contributed by atoms with Crippen molar-refractivity contribution in [1.29, 1.82) is 0 Å². The van der Waals surface area contributed by atoms with Gasteiger partial charge in [-0.1, -0.05) is 25.8 Å². The number of hydrogen-bond donors (Lipinski definition) is 1. The number of allylic oxidation sites excluding steroid dienone is 1. The van der Waals surface area contributed by atoms with E-state index in [0.717, 1.165) is 12.8 Å². The average Bonchev–Trinajstić information content (AvgIpc) is 1.98. The van der Waals surface area contributed by atoms with Crippen molar-refractivity contribution in [2.75, 3.05) is 0 Å². The van der Waals surface area contributed by atoms with Gasteiger partial charge in [0.2, 0.25) is 0 Å². The Kier molecular flexibility index (Phi) is 5.23. The summed E-state index contributed by atoms with van der Waals surface area (Å²) < 4.78 is 0. The van der Waals surface area contributed by atoms with Crippen LogP contribution in [-0.2, 0) is 0 Å². The van der Waals surface area contributed by atoms with E-state index in [1.54, 1.807) is 0 Å². The maximum atomic E-state index is 9.52. The van der Waals surface area contributed by atoms with Gasteiger partial charge in [0.25, 0.3) is 0 Å². The van der Waals surface area contributed by atoms with Crippen LogP contribution in [0.2, 0.25) is 0 Å². The van der Waals surface area contributed by atoms with Crippen molar-refractivity contribution in [2.45, 2.75) is 46.6 Å². The van der Waals surface area contributed by atoms with Crippen molar-refractivity contribution in [3.8, 4) is 0 Å². The topological polar surface area (TPSA) is 20.2 Å². The molecular weight excluding hydrogens is 148 g/mol. The van der Waals surface area contributed by atoms with Crippen LogP contribution in [0.15, 0.2) is 12.2 Å². The molecule has 0 bridgehead atoms. The molecule has 0 saturated heterocycles. The molecule has 0 heterocycles. The third kappa shape index (κ3) is 3.91. The third-order valence-corrected chi connectivity index (χ3v) is 2.58. The molecule has 1 unspecified atom stereocenters. The summed E-state index contributed by atoms with van der Waals surface area (Å²) in [5.74, 6) is 0.967. The fourth-order valence-corrected chi connectivity index (χ4v) is 1.55. The van der Waals surface area contributed by atoms with Gasteiger partial charge < -0.3 is 5.11 Å². The number of aliphatic hydroxyl groups excluding tert-OH is 1. The first-order valence-electron chi connectivity index (χ1n) is 4.81. The van der Waals surface area contributed by atoms with E-state index in [2.05, 4.69) is 20.4 Å². The van der Waals surface area contributed by atoms with E-state index in [4.69, 9.17) is 0 Å². The van der Waals surface area contributed by atoms with E-state index in [1.165, 1.54) is 5.57 Å². The summed E-state index contributed by atoms with van der Waals surface area (Å²) in [7, 11) is 0. The van der Waals surface area contributed by atoms with Gasteiger partial charge in [-0.2, -0.15) is 0 Å². The minimum Gasteiger partial charge on any atom is -0.393 e. The van der Waals surface area contributed by atoms with Crippen LogP contribution in [0.1, 0.15) is 42.0 Å². The second-order valence-electron chi connectivity index (χ2n) is 3.95. The Morgan fingerprint density at radius 1 is 1.50 bits per heavy atom. The van der Waals surface area contributed by atoms with Crippen LogP contribution >= 0.6 is 0 Å². The predicted molar refractivity (Wildman–Crippen MR) is 56.2 cm³/mol. The maximum absolute atomic E-state index is 9.52. The fourth-order valence-electron chi connectivity index (χ4n) is 1.55. The normalized spacial score (nSPS) is 18.4. The number of rotatable bonds is 5. The van der Waals surface area contributed by atoms with Crippen molar-refractivity contribution in [2.24, 2.45) is 11.8 Å². The molecule has 0 amide bonds. The van der Waals surface area contributed by atoms with Crippen molar-refractivity contribution < 1.29 is 6.53 Å². The Hall–Kier alpha value is -0.300. The number of aliphatic hydroxyl groups is 1. The lowest BCUT2D eigenvalue weighted by Gasteiger charge is -2.25. The number of hydrogen-bond acceptors (Lipinski definition) is 1. The summed E-state index contributed by atoms with van der Waals surface area (Å²) in [5, 5.41) is 9.52. The molecule has 0 aromatic carbocycles. The van der Waals surface area contributed by atoms with Gasteiger partial charge in [-0.3, -0.25) is 0 Å². The van der Waals surface area contributed by atoms with Crippen LogP contribution in [0.5, 0.6) is 0 Å². The first-order chi connectivity index (χ1) is 5.49. The van der Waals surface area contributed by atoms with Crippen molar-refractivity contribution in [3.05, 3.63) is 12.2 Å². The second-order valence-corrected chi connectivity index (χ2v) is 3.95. The quantitative estimate of drug-likeness (QED) is 0.631. The molecule has 0 aliphatic carbocycles. The standard InChI is InChI=1S/C11H22O.H2/c1-6-9(4)11(10(5)12)7-8(2)3;/h9-12H,2,6-7H2,1,3-5H3;1H/t9-,10?,11-;/m0./s1. The van der Waals surface area contributed by atoms with E-state index < -0.39 is 0 Å². The van der Waals surface area contributed by atoms with Gasteiger partial charge in [0.15, 0.2) is 0 Å². The molecule has 0 spiro atoms. The summed E-state index contributed by atoms with van der Waals surface area (Å²) in [6, 6.07) is 0. The molecule has 0 aliphatic heterocycles. The lowest BCUT2D eigenvalue weighted by atomic mass is 9.83. The minimum absolute atomic E-state index is 0. The molecule has 0 aromatic rings. The van der Waals surface area contributed by atoms with Gasteiger partial charge in [-0.05, 0) is 32.1 Å². The Bertz CT molecular complexity index is 143. The molecule has 0 fully saturated rings. The predicted octanol–water partition coefficient (Wildman–Crippen LogP) is 3.24. The van der Waals surface area contributed by atoms with Crippen molar-refractivity contribution in [3.63, 3.8) is 0 Å². The average molecular weight is 172 g/mol. The summed E-state index contributed by atoms with van der Waals surface area (Å²) >= 11 is 0. The van der Waals surface area contributed by atoms with Crippen LogP contribution in [0.3, 0.4) is 0 Å². The zero-order chi connectivity index (χ0) is 9.72. The summed E-state index contributed by atoms with van der Waals surface area (Å²) in [4.78, 5) is 0. The second kappa shape index (κ2) is 5.36. The largest absolute Gasteiger partial charge is 0.393 e. The SMILES string of the molecule is C=C(C)C[C@H](C(C)O)[C@@H](C)CC.[HH]. The van der Waals surface area contributed by atoms with Crippen LogP contribution < -0.4 is 0 Å². The summed E-state index contributed by atoms with van der Waals surface area (Å²) in [5.41, 5.74) is 1.17. The molecule has 0 aliphatic rings. The zero-order valence-electron chi connectivity index (χ0n) is 8.80. The lowest BCUT2D eigenvalue weighted by Crippen LogP contribution is -2.23. The van der Waals surface area contributed by atoms with E-state index >= 15 is 0 Å². The minimum atomic E-state index is -0.211.